The van der Waals surface area contributed by atoms with Crippen LogP contribution < -0.4 is 10.9 Å². The van der Waals surface area contributed by atoms with Crippen molar-refractivity contribution < 1.29 is 9.90 Å². The molecule has 0 saturated carbocycles. The van der Waals surface area contributed by atoms with Crippen LogP contribution in [-0.2, 0) is 11.3 Å². The van der Waals surface area contributed by atoms with Crippen LogP contribution in [0.2, 0.25) is 0 Å². The van der Waals surface area contributed by atoms with Gasteiger partial charge in [-0.2, -0.15) is 5.10 Å². The second-order valence-electron chi connectivity index (χ2n) is 6.33. The number of hydrogen-bond donors (Lipinski definition) is 2. The minimum Gasteiger partial charge on any atom is -0.508 e. The fourth-order valence-corrected chi connectivity index (χ4v) is 3.17. The molecule has 1 heterocycles. The van der Waals surface area contributed by atoms with Gasteiger partial charge < -0.3 is 9.67 Å². The summed E-state index contributed by atoms with van der Waals surface area (Å²) in [5, 5.41) is 14.4. The van der Waals surface area contributed by atoms with Gasteiger partial charge >= 0.3 is 0 Å². The van der Waals surface area contributed by atoms with Crippen molar-refractivity contribution in [3.05, 3.63) is 88.6 Å². The summed E-state index contributed by atoms with van der Waals surface area (Å²) in [5.74, 6) is -0.146. The molecule has 0 saturated heterocycles. The number of phenolic OH excluding ortho intramolecular Hbond substituents is 1. The maximum absolute atomic E-state index is 12.7. The van der Waals surface area contributed by atoms with Crippen LogP contribution in [0.5, 0.6) is 5.75 Å². The van der Waals surface area contributed by atoms with Crippen LogP contribution in [0.4, 0.5) is 0 Å². The zero-order valence-electron chi connectivity index (χ0n) is 14.9. The van der Waals surface area contributed by atoms with Crippen LogP contribution in [0, 0.1) is 0 Å². The number of nitrogens with zero attached hydrogens (tertiary/aromatic N) is 2. The fraction of sp³-hybridized carbons (Fsp3) is 0.0455. The molecule has 0 atom stereocenters. The number of carbonyl (C=O) groups is 1. The van der Waals surface area contributed by atoms with Crippen molar-refractivity contribution >= 4 is 33.9 Å². The van der Waals surface area contributed by atoms with Crippen LogP contribution in [0.3, 0.4) is 0 Å². The number of amides is 1. The molecule has 0 bridgehead atoms. The zero-order chi connectivity index (χ0) is 19.5. The summed E-state index contributed by atoms with van der Waals surface area (Å²) in [6.45, 7) is 0.0220. The Morgan fingerprint density at radius 2 is 1.50 bits per heavy atom. The van der Waals surface area contributed by atoms with Gasteiger partial charge in [0.15, 0.2) is 5.43 Å². The Bertz CT molecular complexity index is 1200. The monoisotopic (exact) mass is 371 g/mol. The van der Waals surface area contributed by atoms with Gasteiger partial charge in [0, 0.05) is 10.8 Å². The number of para-hydroxylation sites is 2. The van der Waals surface area contributed by atoms with E-state index in [1.54, 1.807) is 36.4 Å². The van der Waals surface area contributed by atoms with Gasteiger partial charge in [-0.25, -0.2) is 5.43 Å². The number of aromatic nitrogens is 1. The van der Waals surface area contributed by atoms with E-state index in [0.29, 0.717) is 21.8 Å². The lowest BCUT2D eigenvalue weighted by atomic mass is 10.1. The molecule has 0 spiro atoms. The van der Waals surface area contributed by atoms with E-state index in [1.165, 1.54) is 6.21 Å². The number of carbonyl (C=O) groups excluding carboxylic acids is 1. The van der Waals surface area contributed by atoms with E-state index in [4.69, 9.17) is 0 Å². The van der Waals surface area contributed by atoms with E-state index in [0.717, 1.165) is 5.56 Å². The van der Waals surface area contributed by atoms with Gasteiger partial charge in [0.05, 0.1) is 17.2 Å². The summed E-state index contributed by atoms with van der Waals surface area (Å²) < 4.78 is 1.82. The fourth-order valence-electron chi connectivity index (χ4n) is 3.17. The summed E-state index contributed by atoms with van der Waals surface area (Å²) in [5.41, 5.74) is 4.60. The molecule has 6 nitrogen and oxygen atoms in total. The van der Waals surface area contributed by atoms with Crippen LogP contribution in [-0.4, -0.2) is 21.8 Å². The van der Waals surface area contributed by atoms with Crippen molar-refractivity contribution in [2.45, 2.75) is 6.54 Å². The quantitative estimate of drug-likeness (QED) is 0.329. The highest BCUT2D eigenvalue weighted by molar-refractivity contribution is 5.95. The average molecular weight is 371 g/mol. The van der Waals surface area contributed by atoms with Crippen molar-refractivity contribution in [1.29, 1.82) is 0 Å². The van der Waals surface area contributed by atoms with Gasteiger partial charge in [-0.3, -0.25) is 9.59 Å². The molecule has 0 radical (unpaired) electrons. The standard InChI is InChI=1S/C22H17N3O3/c26-16-11-9-15(10-12-16)13-23-24-21(27)14-25-19-7-3-1-5-17(19)22(28)18-6-2-4-8-20(18)25/h1-13,26H,14H2,(H,24,27). The lowest BCUT2D eigenvalue weighted by Crippen LogP contribution is -2.25. The second-order valence-corrected chi connectivity index (χ2v) is 6.33. The first-order valence-electron chi connectivity index (χ1n) is 8.75. The summed E-state index contributed by atoms with van der Waals surface area (Å²) in [6, 6.07) is 21.0. The van der Waals surface area contributed by atoms with Crippen molar-refractivity contribution in [3.8, 4) is 5.75 Å². The summed E-state index contributed by atoms with van der Waals surface area (Å²) in [4.78, 5) is 25.2. The number of aromatic hydroxyl groups is 1. The molecule has 4 rings (SSSR count). The van der Waals surface area contributed by atoms with Crippen LogP contribution in [0.1, 0.15) is 5.56 Å². The summed E-state index contributed by atoms with van der Waals surface area (Å²) >= 11 is 0. The number of pyridine rings is 1. The van der Waals surface area contributed by atoms with E-state index in [1.807, 2.05) is 41.0 Å². The van der Waals surface area contributed by atoms with Gasteiger partial charge in [0.2, 0.25) is 0 Å². The highest BCUT2D eigenvalue weighted by Gasteiger charge is 2.12. The number of hydrogen-bond acceptors (Lipinski definition) is 4. The topological polar surface area (TPSA) is 83.7 Å². The Balaban J connectivity index is 1.65. The Morgan fingerprint density at radius 3 is 2.11 bits per heavy atom. The molecule has 138 valence electrons. The Morgan fingerprint density at radius 1 is 0.929 bits per heavy atom. The van der Waals surface area contributed by atoms with E-state index in [2.05, 4.69) is 10.5 Å². The maximum atomic E-state index is 12.7. The molecule has 2 N–H and O–H groups in total. The maximum Gasteiger partial charge on any atom is 0.260 e. The predicted molar refractivity (Wildman–Crippen MR) is 110 cm³/mol. The molecule has 0 aliphatic rings. The van der Waals surface area contributed by atoms with Gasteiger partial charge in [-0.05, 0) is 54.1 Å². The largest absolute Gasteiger partial charge is 0.508 e. The third-order valence-corrected chi connectivity index (χ3v) is 4.48. The minimum atomic E-state index is -0.311. The zero-order valence-corrected chi connectivity index (χ0v) is 14.9. The molecule has 0 aliphatic carbocycles. The summed E-state index contributed by atoms with van der Waals surface area (Å²) in [7, 11) is 0. The Kier molecular flexibility index (Phi) is 4.60. The van der Waals surface area contributed by atoms with E-state index in [-0.39, 0.29) is 23.6 Å². The molecule has 0 aliphatic heterocycles. The normalized spacial score (nSPS) is 11.3. The van der Waals surface area contributed by atoms with Gasteiger partial charge in [-0.15, -0.1) is 0 Å². The van der Waals surface area contributed by atoms with Gasteiger partial charge in [-0.1, -0.05) is 24.3 Å². The van der Waals surface area contributed by atoms with Crippen molar-refractivity contribution in [3.63, 3.8) is 0 Å². The SMILES string of the molecule is O=C(Cn1c2ccccc2c(=O)c2ccccc21)NN=Cc1ccc(O)cc1. The molecule has 3 aromatic carbocycles. The molecule has 1 aromatic heterocycles. The molecule has 1 amide bonds. The predicted octanol–water partition coefficient (Wildman–Crippen LogP) is 3.01. The first-order chi connectivity index (χ1) is 13.6. The first-order valence-corrected chi connectivity index (χ1v) is 8.75. The van der Waals surface area contributed by atoms with Crippen molar-refractivity contribution in [2.75, 3.05) is 0 Å². The summed E-state index contributed by atoms with van der Waals surface area (Å²) in [6.07, 6.45) is 1.50. The number of rotatable bonds is 4. The van der Waals surface area contributed by atoms with E-state index >= 15 is 0 Å². The van der Waals surface area contributed by atoms with Crippen molar-refractivity contribution in [1.82, 2.24) is 9.99 Å². The van der Waals surface area contributed by atoms with Gasteiger partial charge in [0.25, 0.3) is 5.91 Å². The smallest absolute Gasteiger partial charge is 0.260 e. The average Bonchev–Trinajstić information content (AvgIpc) is 2.72. The lowest BCUT2D eigenvalue weighted by molar-refractivity contribution is -0.121. The second kappa shape index (κ2) is 7.36. The molecule has 4 aromatic rings. The minimum absolute atomic E-state index is 0.0220. The highest BCUT2D eigenvalue weighted by Crippen LogP contribution is 2.18. The number of fused-ring (bicyclic) bond motifs is 2. The Hall–Kier alpha value is -3.93. The number of phenols is 1. The molecule has 6 heteroatoms. The molecule has 0 unspecified atom stereocenters. The van der Waals surface area contributed by atoms with Gasteiger partial charge in [0.1, 0.15) is 12.3 Å². The number of hydrazone groups is 1. The van der Waals surface area contributed by atoms with Crippen molar-refractivity contribution in [2.24, 2.45) is 5.10 Å². The highest BCUT2D eigenvalue weighted by atomic mass is 16.3. The molecular weight excluding hydrogens is 354 g/mol. The van der Waals surface area contributed by atoms with E-state index < -0.39 is 0 Å². The van der Waals surface area contributed by atoms with Crippen LogP contribution >= 0.6 is 0 Å². The lowest BCUT2D eigenvalue weighted by Gasteiger charge is -2.14. The first kappa shape index (κ1) is 17.5. The Labute approximate surface area is 160 Å². The molecule has 0 fully saturated rings. The molecule has 28 heavy (non-hydrogen) atoms. The van der Waals surface area contributed by atoms with Crippen LogP contribution in [0.15, 0.2) is 82.7 Å². The third-order valence-electron chi connectivity index (χ3n) is 4.48. The molecular formula is C22H17N3O3. The van der Waals surface area contributed by atoms with Crippen LogP contribution in [0.25, 0.3) is 21.8 Å². The third kappa shape index (κ3) is 3.35. The number of nitrogens with one attached hydrogen (secondary N) is 1. The van der Waals surface area contributed by atoms with E-state index in [9.17, 15) is 14.7 Å². The number of benzene rings is 3.